The van der Waals surface area contributed by atoms with Gasteiger partial charge in [0.05, 0.1) is 18.9 Å². The standard InChI is InChI=1S/C7H11N5/c1-2-8-4-10-7(1)3-12-6-9-5-11-12/h4-7H,1-3H2,(H,8,10). The van der Waals surface area contributed by atoms with E-state index in [0.717, 1.165) is 19.5 Å². The molecule has 0 spiro atoms. The lowest BCUT2D eigenvalue weighted by atomic mass is 10.2. The monoisotopic (exact) mass is 165 g/mol. The molecule has 1 unspecified atom stereocenters. The van der Waals surface area contributed by atoms with E-state index in [0.29, 0.717) is 6.04 Å². The lowest BCUT2D eigenvalue weighted by molar-refractivity contribution is 0.474. The maximum absolute atomic E-state index is 4.28. The molecule has 1 aromatic rings. The molecule has 64 valence electrons. The summed E-state index contributed by atoms with van der Waals surface area (Å²) in [6.45, 7) is 1.83. The number of nitrogens with one attached hydrogen (secondary N) is 1. The molecule has 1 atom stereocenters. The van der Waals surface area contributed by atoms with Gasteiger partial charge in [-0.3, -0.25) is 9.67 Å². The van der Waals surface area contributed by atoms with Crippen LogP contribution in [0.1, 0.15) is 6.42 Å². The van der Waals surface area contributed by atoms with Crippen LogP contribution in [0.15, 0.2) is 17.6 Å². The Balaban J connectivity index is 1.94. The predicted octanol–water partition coefficient (Wildman–Crippen LogP) is -0.332. The fraction of sp³-hybridized carbons (Fsp3) is 0.571. The molecule has 0 saturated carbocycles. The first kappa shape index (κ1) is 7.27. The zero-order valence-corrected chi connectivity index (χ0v) is 6.72. The van der Waals surface area contributed by atoms with Gasteiger partial charge in [-0.25, -0.2) is 4.98 Å². The summed E-state index contributed by atoms with van der Waals surface area (Å²) >= 11 is 0. The largest absolute Gasteiger partial charge is 0.376 e. The fourth-order valence-electron chi connectivity index (χ4n) is 1.23. The molecule has 2 rings (SSSR count). The normalized spacial score (nSPS) is 22.2. The minimum atomic E-state index is 0.355. The van der Waals surface area contributed by atoms with E-state index in [1.807, 2.05) is 4.68 Å². The van der Waals surface area contributed by atoms with Crippen molar-refractivity contribution in [1.29, 1.82) is 0 Å². The van der Waals surface area contributed by atoms with Gasteiger partial charge in [0, 0.05) is 6.54 Å². The summed E-state index contributed by atoms with van der Waals surface area (Å²) in [6.07, 6.45) is 6.10. The summed E-state index contributed by atoms with van der Waals surface area (Å²) in [7, 11) is 0. The molecule has 0 bridgehead atoms. The number of rotatable bonds is 2. The first-order chi connectivity index (χ1) is 5.95. The van der Waals surface area contributed by atoms with Crippen molar-refractivity contribution in [1.82, 2.24) is 20.1 Å². The third-order valence-electron chi connectivity index (χ3n) is 1.86. The van der Waals surface area contributed by atoms with Gasteiger partial charge in [-0.1, -0.05) is 0 Å². The highest BCUT2D eigenvalue weighted by molar-refractivity contribution is 5.55. The molecule has 5 nitrogen and oxygen atoms in total. The summed E-state index contributed by atoms with van der Waals surface area (Å²) in [5.41, 5.74) is 0. The average Bonchev–Trinajstić information content (AvgIpc) is 2.59. The topological polar surface area (TPSA) is 55.1 Å². The Hall–Kier alpha value is -1.39. The van der Waals surface area contributed by atoms with Crippen LogP contribution in [-0.4, -0.2) is 33.7 Å². The molecule has 1 aliphatic heterocycles. The van der Waals surface area contributed by atoms with Crippen molar-refractivity contribution in [3.8, 4) is 0 Å². The van der Waals surface area contributed by atoms with Gasteiger partial charge in [0.15, 0.2) is 0 Å². The predicted molar refractivity (Wildman–Crippen MR) is 44.9 cm³/mol. The summed E-state index contributed by atoms with van der Waals surface area (Å²) in [5, 5.41) is 7.08. The number of hydrogen-bond acceptors (Lipinski definition) is 4. The Morgan fingerprint density at radius 3 is 3.25 bits per heavy atom. The molecule has 1 aromatic heterocycles. The second-order valence-electron chi connectivity index (χ2n) is 2.79. The van der Waals surface area contributed by atoms with Gasteiger partial charge in [-0.15, -0.1) is 0 Å². The van der Waals surface area contributed by atoms with Gasteiger partial charge in [-0.2, -0.15) is 5.10 Å². The molecule has 1 aliphatic rings. The zero-order chi connectivity index (χ0) is 8.23. The van der Waals surface area contributed by atoms with Crippen molar-refractivity contribution in [3.63, 3.8) is 0 Å². The second-order valence-corrected chi connectivity index (χ2v) is 2.79. The van der Waals surface area contributed by atoms with Crippen molar-refractivity contribution in [3.05, 3.63) is 12.7 Å². The lowest BCUT2D eigenvalue weighted by Crippen LogP contribution is -2.28. The molecule has 0 saturated heterocycles. The van der Waals surface area contributed by atoms with Gasteiger partial charge in [0.25, 0.3) is 0 Å². The van der Waals surface area contributed by atoms with Gasteiger partial charge in [0.2, 0.25) is 0 Å². The minimum Gasteiger partial charge on any atom is -0.376 e. The van der Waals surface area contributed by atoms with Crippen molar-refractivity contribution in [2.24, 2.45) is 4.99 Å². The van der Waals surface area contributed by atoms with Crippen molar-refractivity contribution >= 4 is 6.34 Å². The number of hydrogen-bond donors (Lipinski definition) is 1. The number of aromatic nitrogens is 3. The van der Waals surface area contributed by atoms with E-state index in [1.165, 1.54) is 0 Å². The van der Waals surface area contributed by atoms with Crippen LogP contribution in [0.5, 0.6) is 0 Å². The third kappa shape index (κ3) is 1.61. The van der Waals surface area contributed by atoms with E-state index in [9.17, 15) is 0 Å². The molecule has 1 N–H and O–H groups in total. The molecule has 12 heavy (non-hydrogen) atoms. The van der Waals surface area contributed by atoms with Crippen LogP contribution >= 0.6 is 0 Å². The molecule has 0 aliphatic carbocycles. The van der Waals surface area contributed by atoms with Crippen LogP contribution in [0.2, 0.25) is 0 Å². The smallest absolute Gasteiger partial charge is 0.137 e. The molecule has 0 aromatic carbocycles. The first-order valence-corrected chi connectivity index (χ1v) is 4.02. The molecule has 5 heteroatoms. The maximum atomic E-state index is 4.28. The van der Waals surface area contributed by atoms with E-state index >= 15 is 0 Å². The summed E-state index contributed by atoms with van der Waals surface area (Å²) in [5.74, 6) is 0. The first-order valence-electron chi connectivity index (χ1n) is 4.02. The zero-order valence-electron chi connectivity index (χ0n) is 6.72. The Labute approximate surface area is 70.5 Å². The van der Waals surface area contributed by atoms with Crippen molar-refractivity contribution in [2.75, 3.05) is 6.54 Å². The molecule has 0 amide bonds. The van der Waals surface area contributed by atoms with E-state index in [4.69, 9.17) is 0 Å². The molecular formula is C7H11N5. The van der Waals surface area contributed by atoms with Crippen LogP contribution in [0.3, 0.4) is 0 Å². The number of aliphatic imine (C=N–C) groups is 1. The summed E-state index contributed by atoms with van der Waals surface area (Å²) in [4.78, 5) is 8.15. The van der Waals surface area contributed by atoms with Gasteiger partial charge >= 0.3 is 0 Å². The van der Waals surface area contributed by atoms with Gasteiger partial charge in [-0.05, 0) is 6.42 Å². The van der Waals surface area contributed by atoms with E-state index < -0.39 is 0 Å². The highest BCUT2D eigenvalue weighted by Gasteiger charge is 2.09. The minimum absolute atomic E-state index is 0.355. The molecule has 0 radical (unpaired) electrons. The summed E-state index contributed by atoms with van der Waals surface area (Å²) < 4.78 is 1.81. The number of nitrogens with zero attached hydrogens (tertiary/aromatic N) is 4. The SMILES string of the molecule is C1=NC(Cn2cncn2)CCN1. The molecule has 0 fully saturated rings. The lowest BCUT2D eigenvalue weighted by Gasteiger charge is -2.15. The van der Waals surface area contributed by atoms with E-state index in [1.54, 1.807) is 19.0 Å². The highest BCUT2D eigenvalue weighted by Crippen LogP contribution is 2.02. The molecular weight excluding hydrogens is 154 g/mol. The summed E-state index contributed by atoms with van der Waals surface area (Å²) in [6, 6.07) is 0.355. The van der Waals surface area contributed by atoms with E-state index in [2.05, 4.69) is 20.4 Å². The highest BCUT2D eigenvalue weighted by atomic mass is 15.3. The van der Waals surface area contributed by atoms with Crippen LogP contribution in [0, 0.1) is 0 Å². The Kier molecular flexibility index (Phi) is 2.02. The Bertz CT molecular complexity index is 253. The van der Waals surface area contributed by atoms with Crippen molar-refractivity contribution in [2.45, 2.75) is 19.0 Å². The van der Waals surface area contributed by atoms with Crippen molar-refractivity contribution < 1.29 is 0 Å². The van der Waals surface area contributed by atoms with Crippen LogP contribution in [0.25, 0.3) is 0 Å². The van der Waals surface area contributed by atoms with E-state index in [-0.39, 0.29) is 0 Å². The third-order valence-corrected chi connectivity index (χ3v) is 1.86. The quantitative estimate of drug-likeness (QED) is 0.652. The van der Waals surface area contributed by atoms with Gasteiger partial charge < -0.3 is 5.32 Å². The average molecular weight is 165 g/mol. The van der Waals surface area contributed by atoms with Crippen LogP contribution in [0.4, 0.5) is 0 Å². The molecule has 2 heterocycles. The van der Waals surface area contributed by atoms with Crippen LogP contribution in [-0.2, 0) is 6.54 Å². The van der Waals surface area contributed by atoms with Gasteiger partial charge in [0.1, 0.15) is 12.7 Å². The second kappa shape index (κ2) is 3.34. The fourth-order valence-corrected chi connectivity index (χ4v) is 1.23. The van der Waals surface area contributed by atoms with Crippen LogP contribution < -0.4 is 5.32 Å². The Morgan fingerprint density at radius 1 is 1.58 bits per heavy atom. The Morgan fingerprint density at radius 2 is 2.58 bits per heavy atom. The maximum Gasteiger partial charge on any atom is 0.137 e.